The average molecular weight is 151 g/mol. The average Bonchev–Trinajstić information content (AvgIpc) is 1.85. The molecule has 0 aliphatic carbocycles. The largest absolute Gasteiger partial charge is 0.359 e. The van der Waals surface area contributed by atoms with Gasteiger partial charge in [-0.2, -0.15) is 5.43 Å². The molecule has 0 aliphatic heterocycles. The van der Waals surface area contributed by atoms with Crippen molar-refractivity contribution >= 4 is 17.6 Å². The van der Waals surface area contributed by atoms with E-state index in [1.807, 2.05) is 0 Å². The molecule has 6 heteroatoms. The minimum Gasteiger partial charge on any atom is -0.245 e. The second-order valence-electron chi connectivity index (χ2n) is 1.08. The third-order valence-corrected chi connectivity index (χ3v) is 0.650. The van der Waals surface area contributed by atoms with Crippen molar-refractivity contribution in [1.82, 2.24) is 10.7 Å². The molecule has 0 rings (SSSR count). The molecule has 0 aromatic carbocycles. The van der Waals surface area contributed by atoms with Gasteiger partial charge in [0, 0.05) is 5.88 Å². The van der Waals surface area contributed by atoms with Gasteiger partial charge in [-0.1, -0.05) is 0 Å². The van der Waals surface area contributed by atoms with Gasteiger partial charge >= 0.3 is 6.03 Å². The van der Waals surface area contributed by atoms with E-state index in [1.54, 1.807) is 5.43 Å². The molecule has 51 valence electrons. The smallest absolute Gasteiger partial charge is 0.245 e. The van der Waals surface area contributed by atoms with Gasteiger partial charge in [-0.3, -0.25) is 0 Å². The van der Waals surface area contributed by atoms with Crippen LogP contribution in [-0.4, -0.2) is 18.5 Å². The van der Waals surface area contributed by atoms with Crippen LogP contribution in [0.3, 0.4) is 0 Å². The number of carbonyl (C=O) groups is 1. The van der Waals surface area contributed by atoms with E-state index in [1.165, 1.54) is 0 Å². The van der Waals surface area contributed by atoms with Crippen LogP contribution < -0.4 is 10.7 Å². The van der Waals surface area contributed by atoms with Crippen molar-refractivity contribution in [1.29, 1.82) is 0 Å². The van der Waals surface area contributed by atoms with Gasteiger partial charge < -0.3 is 0 Å². The molecule has 0 aromatic rings. The maximum atomic E-state index is 10.2. The maximum Gasteiger partial charge on any atom is 0.359 e. The first-order valence-electron chi connectivity index (χ1n) is 2.17. The number of hydrogen-bond acceptors (Lipinski definition) is 3. The van der Waals surface area contributed by atoms with E-state index in [0.29, 0.717) is 0 Å². The summed E-state index contributed by atoms with van der Waals surface area (Å²) in [5.41, 5.74) is 1.59. The summed E-state index contributed by atoms with van der Waals surface area (Å²) in [5.74, 6) is 0.256. The molecule has 0 saturated carbocycles. The predicted octanol–water partition coefficient (Wildman–Crippen LogP) is 0.221. The van der Waals surface area contributed by atoms with Crippen molar-refractivity contribution in [3.05, 3.63) is 4.91 Å². The Morgan fingerprint density at radius 2 is 2.33 bits per heavy atom. The second-order valence-corrected chi connectivity index (χ2v) is 1.46. The molecular formula is C3H5ClN3O2. The molecule has 0 heterocycles. The molecule has 0 atom stereocenters. The van der Waals surface area contributed by atoms with Gasteiger partial charge in [-0.05, 0) is 0 Å². The number of nitroso groups, excluding NO2 is 1. The maximum absolute atomic E-state index is 10.2. The topological polar surface area (TPSA) is 72.6 Å². The minimum absolute atomic E-state index is 0.197. The van der Waals surface area contributed by atoms with Crippen molar-refractivity contribution in [2.45, 2.75) is 0 Å². The Bertz CT molecular complexity index is 107. The molecule has 9 heavy (non-hydrogen) atoms. The summed E-state index contributed by atoms with van der Waals surface area (Å²) in [5, 5.41) is 5.36. The third-order valence-electron chi connectivity index (χ3n) is 0.481. The van der Waals surface area contributed by atoms with Gasteiger partial charge in [-0.25, -0.2) is 10.1 Å². The highest BCUT2D eigenvalue weighted by Gasteiger charge is 1.97. The van der Waals surface area contributed by atoms with Crippen LogP contribution >= 0.6 is 11.6 Å². The fraction of sp³-hybridized carbons (Fsp3) is 0.667. The number of urea groups is 1. The van der Waals surface area contributed by atoms with Crippen LogP contribution in [0.15, 0.2) is 5.29 Å². The molecule has 0 aromatic heterocycles. The molecule has 1 radical (unpaired) electrons. The number of nitrogens with one attached hydrogen (secondary N) is 1. The highest BCUT2D eigenvalue weighted by molar-refractivity contribution is 6.18. The fourth-order valence-electron chi connectivity index (χ4n) is 0.218. The Labute approximate surface area is 56.7 Å². The molecule has 0 spiro atoms. The lowest BCUT2D eigenvalue weighted by Crippen LogP contribution is -2.26. The van der Waals surface area contributed by atoms with E-state index in [0.717, 1.165) is 0 Å². The van der Waals surface area contributed by atoms with Gasteiger partial charge in [0.2, 0.25) is 0 Å². The SMILES string of the molecule is O=NNC(=O)[N]CCCl. The number of rotatable bonds is 3. The quantitative estimate of drug-likeness (QED) is 0.355. The summed E-state index contributed by atoms with van der Waals surface area (Å²) in [4.78, 5) is 19.5. The Hall–Kier alpha value is -0.840. The van der Waals surface area contributed by atoms with Crippen LogP contribution in [0.5, 0.6) is 0 Å². The molecule has 0 saturated heterocycles. The van der Waals surface area contributed by atoms with Crippen LogP contribution in [0.2, 0.25) is 0 Å². The first-order chi connectivity index (χ1) is 4.31. The van der Waals surface area contributed by atoms with Crippen molar-refractivity contribution in [3.8, 4) is 0 Å². The molecule has 1 N–H and O–H groups in total. The van der Waals surface area contributed by atoms with E-state index in [9.17, 15) is 9.70 Å². The Balaban J connectivity index is 3.16. The lowest BCUT2D eigenvalue weighted by atomic mass is 10.7. The summed E-state index contributed by atoms with van der Waals surface area (Å²) in [7, 11) is 0. The van der Waals surface area contributed by atoms with Crippen LogP contribution in [0.4, 0.5) is 4.79 Å². The van der Waals surface area contributed by atoms with Gasteiger partial charge in [0.15, 0.2) is 0 Å². The zero-order valence-electron chi connectivity index (χ0n) is 4.50. The fourth-order valence-corrected chi connectivity index (χ4v) is 0.303. The van der Waals surface area contributed by atoms with Gasteiger partial charge in [0.25, 0.3) is 0 Å². The summed E-state index contributed by atoms with van der Waals surface area (Å²) < 4.78 is 0. The predicted molar refractivity (Wildman–Crippen MR) is 32.0 cm³/mol. The van der Waals surface area contributed by atoms with Crippen LogP contribution in [0.25, 0.3) is 0 Å². The molecule has 0 bridgehead atoms. The Morgan fingerprint density at radius 1 is 1.67 bits per heavy atom. The van der Waals surface area contributed by atoms with Crippen LogP contribution in [0, 0.1) is 4.91 Å². The van der Waals surface area contributed by atoms with Crippen molar-refractivity contribution in [2.24, 2.45) is 5.29 Å². The first kappa shape index (κ1) is 8.16. The zero-order valence-corrected chi connectivity index (χ0v) is 5.26. The van der Waals surface area contributed by atoms with E-state index in [4.69, 9.17) is 11.6 Å². The van der Waals surface area contributed by atoms with Crippen LogP contribution in [0.1, 0.15) is 0 Å². The molecule has 0 unspecified atom stereocenters. The molecule has 5 nitrogen and oxygen atoms in total. The molecule has 2 amide bonds. The number of alkyl halides is 1. The number of nitrogens with zero attached hydrogens (tertiary/aromatic N) is 2. The Morgan fingerprint density at radius 3 is 2.78 bits per heavy atom. The molecular weight excluding hydrogens is 146 g/mol. The summed E-state index contributed by atoms with van der Waals surface area (Å²) in [6, 6.07) is -0.759. The number of hydrogen-bond donors (Lipinski definition) is 1. The highest BCUT2D eigenvalue weighted by atomic mass is 35.5. The monoisotopic (exact) mass is 150 g/mol. The van der Waals surface area contributed by atoms with E-state index >= 15 is 0 Å². The van der Waals surface area contributed by atoms with Crippen LogP contribution in [-0.2, 0) is 0 Å². The highest BCUT2D eigenvalue weighted by Crippen LogP contribution is 1.72. The van der Waals surface area contributed by atoms with E-state index < -0.39 is 6.03 Å². The molecule has 0 fully saturated rings. The van der Waals surface area contributed by atoms with Gasteiger partial charge in [0.1, 0.15) is 0 Å². The summed E-state index contributed by atoms with van der Waals surface area (Å²) >= 11 is 5.16. The van der Waals surface area contributed by atoms with Gasteiger partial charge in [0.05, 0.1) is 11.8 Å². The van der Waals surface area contributed by atoms with E-state index in [2.05, 4.69) is 10.6 Å². The zero-order chi connectivity index (χ0) is 7.11. The lowest BCUT2D eigenvalue weighted by Gasteiger charge is -1.92. The number of carbonyl (C=O) groups excluding carboxylic acids is 1. The summed E-state index contributed by atoms with van der Waals surface area (Å²) in [6.45, 7) is 0.197. The standard InChI is InChI=1S/C3H5ClN3O2/c4-1-2-5-3(8)6-7-9/h1-2H2,(H,6,8,9). The third kappa shape index (κ3) is 5.02. The van der Waals surface area contributed by atoms with Gasteiger partial charge in [-0.15, -0.1) is 16.5 Å². The van der Waals surface area contributed by atoms with Crippen molar-refractivity contribution < 1.29 is 4.79 Å². The minimum atomic E-state index is -0.759. The van der Waals surface area contributed by atoms with Crippen molar-refractivity contribution in [3.63, 3.8) is 0 Å². The lowest BCUT2D eigenvalue weighted by molar-refractivity contribution is 0.241. The summed E-state index contributed by atoms with van der Waals surface area (Å²) in [6.07, 6.45) is 0. The van der Waals surface area contributed by atoms with Crippen molar-refractivity contribution in [2.75, 3.05) is 12.4 Å². The molecule has 0 aliphatic rings. The number of halogens is 1. The number of amides is 2. The first-order valence-corrected chi connectivity index (χ1v) is 2.70. The van der Waals surface area contributed by atoms with E-state index in [-0.39, 0.29) is 12.4 Å². The normalized spacial score (nSPS) is 8.11. The second kappa shape index (κ2) is 5.30. The Kier molecular flexibility index (Phi) is 4.81.